The lowest BCUT2D eigenvalue weighted by Gasteiger charge is -2.17. The number of carbonyl (C=O) groups excluding carboxylic acids is 1. The molecule has 0 bridgehead atoms. The fourth-order valence-corrected chi connectivity index (χ4v) is 2.52. The highest BCUT2D eigenvalue weighted by Gasteiger charge is 2.13. The van der Waals surface area contributed by atoms with Crippen LogP contribution in [0.15, 0.2) is 75.9 Å². The Morgan fingerprint density at radius 2 is 1.73 bits per heavy atom. The molecule has 3 aromatic rings. The zero-order valence-electron chi connectivity index (χ0n) is 14.6. The van der Waals surface area contributed by atoms with E-state index in [1.165, 1.54) is 17.0 Å². The van der Waals surface area contributed by atoms with E-state index < -0.39 is 6.09 Å². The van der Waals surface area contributed by atoms with E-state index in [9.17, 15) is 9.59 Å². The smallest absolute Gasteiger partial charge is 0.414 e. The van der Waals surface area contributed by atoms with Gasteiger partial charge in [-0.05, 0) is 36.8 Å². The molecule has 2 aromatic carbocycles. The topological polar surface area (TPSA) is 59.8 Å². The second-order valence-corrected chi connectivity index (χ2v) is 5.91. The lowest BCUT2D eigenvalue weighted by molar-refractivity contribution is 0.148. The molecule has 3 rings (SSSR count). The lowest BCUT2D eigenvalue weighted by Crippen LogP contribution is -2.26. The van der Waals surface area contributed by atoms with Gasteiger partial charge in [-0.3, -0.25) is 9.69 Å². The summed E-state index contributed by atoms with van der Waals surface area (Å²) in [5, 5.41) is 0. The maximum absolute atomic E-state index is 12.2. The van der Waals surface area contributed by atoms with Crippen LogP contribution in [0.2, 0.25) is 0 Å². The molecule has 5 nitrogen and oxygen atoms in total. The predicted molar refractivity (Wildman–Crippen MR) is 100 cm³/mol. The van der Waals surface area contributed by atoms with E-state index in [1.54, 1.807) is 38.2 Å². The summed E-state index contributed by atoms with van der Waals surface area (Å²) in [6.45, 7) is 1.95. The maximum atomic E-state index is 12.2. The minimum atomic E-state index is -0.441. The highest BCUT2D eigenvalue weighted by atomic mass is 16.6. The van der Waals surface area contributed by atoms with Crippen molar-refractivity contribution in [2.45, 2.75) is 13.5 Å². The lowest BCUT2D eigenvalue weighted by atomic mass is 10.1. The minimum absolute atomic E-state index is 0.102. The Morgan fingerprint density at radius 1 is 1.04 bits per heavy atom. The molecule has 0 aliphatic rings. The third-order valence-electron chi connectivity index (χ3n) is 3.91. The zero-order valence-corrected chi connectivity index (χ0v) is 14.6. The Bertz CT molecular complexity index is 946. The van der Waals surface area contributed by atoms with Crippen LogP contribution in [-0.4, -0.2) is 13.1 Å². The van der Waals surface area contributed by atoms with Crippen molar-refractivity contribution in [2.24, 2.45) is 0 Å². The minimum Gasteiger partial charge on any atom is -0.461 e. The number of carbonyl (C=O) groups is 1. The number of hydrogen-bond donors (Lipinski definition) is 0. The SMILES string of the molecule is Cc1cc(=O)cc(-c2ccc(N(C)C(=O)OCc3ccccc3)cc2)o1. The quantitative estimate of drug-likeness (QED) is 0.701. The van der Waals surface area contributed by atoms with Crippen LogP contribution in [0.25, 0.3) is 11.3 Å². The highest BCUT2D eigenvalue weighted by molar-refractivity contribution is 5.87. The fourth-order valence-electron chi connectivity index (χ4n) is 2.52. The molecule has 26 heavy (non-hydrogen) atoms. The molecule has 132 valence electrons. The summed E-state index contributed by atoms with van der Waals surface area (Å²) in [6.07, 6.45) is -0.441. The number of nitrogens with zero attached hydrogens (tertiary/aromatic N) is 1. The van der Waals surface area contributed by atoms with Crippen molar-refractivity contribution in [1.82, 2.24) is 0 Å². The van der Waals surface area contributed by atoms with Gasteiger partial charge in [0, 0.05) is 30.4 Å². The molecule has 5 heteroatoms. The Morgan fingerprint density at radius 3 is 2.38 bits per heavy atom. The maximum Gasteiger partial charge on any atom is 0.414 e. The molecule has 0 atom stereocenters. The first-order valence-electron chi connectivity index (χ1n) is 8.19. The first kappa shape index (κ1) is 17.5. The van der Waals surface area contributed by atoms with Crippen LogP contribution in [0.1, 0.15) is 11.3 Å². The summed E-state index contributed by atoms with van der Waals surface area (Å²) in [7, 11) is 1.65. The van der Waals surface area contributed by atoms with E-state index in [-0.39, 0.29) is 12.0 Å². The zero-order chi connectivity index (χ0) is 18.5. The molecule has 0 aliphatic heterocycles. The van der Waals surface area contributed by atoms with Crippen molar-refractivity contribution < 1.29 is 13.9 Å². The van der Waals surface area contributed by atoms with Crippen molar-refractivity contribution in [3.63, 3.8) is 0 Å². The number of hydrogen-bond acceptors (Lipinski definition) is 4. The molecule has 0 spiro atoms. The molecule has 0 saturated carbocycles. The van der Waals surface area contributed by atoms with Crippen molar-refractivity contribution in [3.8, 4) is 11.3 Å². The number of amides is 1. The monoisotopic (exact) mass is 349 g/mol. The largest absolute Gasteiger partial charge is 0.461 e. The summed E-state index contributed by atoms with van der Waals surface area (Å²) >= 11 is 0. The Kier molecular flexibility index (Phi) is 5.17. The fraction of sp³-hybridized carbons (Fsp3) is 0.143. The normalized spacial score (nSPS) is 10.4. The van der Waals surface area contributed by atoms with Gasteiger partial charge >= 0.3 is 6.09 Å². The van der Waals surface area contributed by atoms with Gasteiger partial charge < -0.3 is 9.15 Å². The number of anilines is 1. The Hall–Kier alpha value is -3.34. The molecule has 1 aromatic heterocycles. The number of rotatable bonds is 4. The molecule has 0 fully saturated rings. The van der Waals surface area contributed by atoms with Gasteiger partial charge in [0.25, 0.3) is 0 Å². The Labute approximate surface area is 151 Å². The van der Waals surface area contributed by atoms with Gasteiger partial charge in [-0.2, -0.15) is 0 Å². The number of benzene rings is 2. The van der Waals surface area contributed by atoms with E-state index in [4.69, 9.17) is 9.15 Å². The van der Waals surface area contributed by atoms with E-state index in [0.717, 1.165) is 11.1 Å². The van der Waals surface area contributed by atoms with Gasteiger partial charge in [0.1, 0.15) is 18.1 Å². The highest BCUT2D eigenvalue weighted by Crippen LogP contribution is 2.23. The van der Waals surface area contributed by atoms with Crippen molar-refractivity contribution in [1.29, 1.82) is 0 Å². The van der Waals surface area contributed by atoms with E-state index in [1.807, 2.05) is 30.3 Å². The van der Waals surface area contributed by atoms with Crippen molar-refractivity contribution in [2.75, 3.05) is 11.9 Å². The average Bonchev–Trinajstić information content (AvgIpc) is 2.65. The van der Waals surface area contributed by atoms with Crippen LogP contribution in [0.3, 0.4) is 0 Å². The van der Waals surface area contributed by atoms with Gasteiger partial charge in [-0.1, -0.05) is 30.3 Å². The van der Waals surface area contributed by atoms with Crippen LogP contribution < -0.4 is 10.3 Å². The average molecular weight is 349 g/mol. The van der Waals surface area contributed by atoms with Crippen molar-refractivity contribution in [3.05, 3.63) is 88.3 Å². The molecule has 0 aliphatic carbocycles. The molecule has 1 heterocycles. The van der Waals surface area contributed by atoms with Gasteiger partial charge in [0.2, 0.25) is 0 Å². The first-order chi connectivity index (χ1) is 12.5. The van der Waals surface area contributed by atoms with Crippen LogP contribution >= 0.6 is 0 Å². The Balaban J connectivity index is 1.69. The molecule has 0 unspecified atom stereocenters. The second-order valence-electron chi connectivity index (χ2n) is 5.91. The van der Waals surface area contributed by atoms with Crippen LogP contribution in [0.5, 0.6) is 0 Å². The standard InChI is InChI=1S/C21H19NO4/c1-15-12-19(23)13-20(26-15)17-8-10-18(11-9-17)22(2)21(24)25-14-16-6-4-3-5-7-16/h3-13H,14H2,1-2H3. The number of ether oxygens (including phenoxy) is 1. The van der Waals surface area contributed by atoms with E-state index >= 15 is 0 Å². The molecule has 1 amide bonds. The predicted octanol–water partition coefficient (Wildman–Crippen LogP) is 4.39. The molecule has 0 saturated heterocycles. The van der Waals surface area contributed by atoms with Gasteiger partial charge in [0.15, 0.2) is 5.43 Å². The van der Waals surface area contributed by atoms with Gasteiger partial charge in [-0.25, -0.2) is 4.79 Å². The summed E-state index contributed by atoms with van der Waals surface area (Å²) < 4.78 is 10.9. The summed E-state index contributed by atoms with van der Waals surface area (Å²) in [6, 6.07) is 19.6. The van der Waals surface area contributed by atoms with Crippen LogP contribution in [0, 0.1) is 6.92 Å². The molecule has 0 N–H and O–H groups in total. The summed E-state index contributed by atoms with van der Waals surface area (Å²) in [4.78, 5) is 25.2. The molecule has 0 radical (unpaired) electrons. The van der Waals surface area contributed by atoms with Crippen molar-refractivity contribution >= 4 is 11.8 Å². The van der Waals surface area contributed by atoms with Gasteiger partial charge in [0.05, 0.1) is 0 Å². The third kappa shape index (κ3) is 4.19. The molecular formula is C21H19NO4. The van der Waals surface area contributed by atoms with Gasteiger partial charge in [-0.15, -0.1) is 0 Å². The van der Waals surface area contributed by atoms with Crippen LogP contribution in [0.4, 0.5) is 10.5 Å². The summed E-state index contributed by atoms with van der Waals surface area (Å²) in [5.74, 6) is 1.05. The van der Waals surface area contributed by atoms with E-state index in [0.29, 0.717) is 17.2 Å². The summed E-state index contributed by atoms with van der Waals surface area (Å²) in [5.41, 5.74) is 2.27. The van der Waals surface area contributed by atoms with E-state index in [2.05, 4.69) is 0 Å². The van der Waals surface area contributed by atoms with Crippen LogP contribution in [-0.2, 0) is 11.3 Å². The third-order valence-corrected chi connectivity index (χ3v) is 3.91. The second kappa shape index (κ2) is 7.70. The molecular weight excluding hydrogens is 330 g/mol. The number of aryl methyl sites for hydroxylation is 1. The first-order valence-corrected chi connectivity index (χ1v) is 8.19.